The number of carboxylic acids is 1. The van der Waals surface area contributed by atoms with Gasteiger partial charge in [-0.25, -0.2) is 9.97 Å². The Labute approximate surface area is 138 Å². The molecule has 0 radical (unpaired) electrons. The van der Waals surface area contributed by atoms with Gasteiger partial charge in [-0.05, 0) is 25.0 Å². The third-order valence-corrected chi connectivity index (χ3v) is 4.19. The molecule has 24 heavy (non-hydrogen) atoms. The van der Waals surface area contributed by atoms with Crippen molar-refractivity contribution in [3.05, 3.63) is 41.7 Å². The van der Waals surface area contributed by atoms with Gasteiger partial charge in [-0.1, -0.05) is 0 Å². The Morgan fingerprint density at radius 1 is 1.21 bits per heavy atom. The van der Waals surface area contributed by atoms with E-state index in [4.69, 9.17) is 5.11 Å². The lowest BCUT2D eigenvalue weighted by Crippen LogP contribution is -2.39. The minimum Gasteiger partial charge on any atom is -0.481 e. The van der Waals surface area contributed by atoms with Crippen molar-refractivity contribution < 1.29 is 14.7 Å². The monoisotopic (exact) mass is 329 g/mol. The molecule has 1 fully saturated rings. The zero-order chi connectivity index (χ0) is 16.9. The van der Waals surface area contributed by atoms with Gasteiger partial charge in [0.05, 0.1) is 18.5 Å². The van der Waals surface area contributed by atoms with Crippen molar-refractivity contribution in [2.75, 3.05) is 13.1 Å². The Kier molecular flexibility index (Phi) is 4.83. The van der Waals surface area contributed by atoms with Crippen molar-refractivity contribution in [1.82, 2.24) is 25.1 Å². The van der Waals surface area contributed by atoms with Crippen molar-refractivity contribution in [1.29, 1.82) is 0 Å². The number of amides is 1. The van der Waals surface area contributed by atoms with E-state index in [2.05, 4.69) is 20.2 Å². The van der Waals surface area contributed by atoms with Crippen LogP contribution in [-0.2, 0) is 22.4 Å². The summed E-state index contributed by atoms with van der Waals surface area (Å²) in [6.45, 7) is 1.33. The van der Waals surface area contributed by atoms with E-state index in [-0.39, 0.29) is 24.7 Å². The van der Waals surface area contributed by atoms with Crippen molar-refractivity contribution >= 4 is 11.9 Å². The van der Waals surface area contributed by atoms with Crippen LogP contribution in [0.2, 0.25) is 0 Å². The summed E-state index contributed by atoms with van der Waals surface area (Å²) < 4.78 is 0. The van der Waals surface area contributed by atoms with E-state index in [1.165, 1.54) is 0 Å². The lowest BCUT2D eigenvalue weighted by molar-refractivity contribution is -0.136. The Morgan fingerprint density at radius 2 is 1.92 bits per heavy atom. The first kappa shape index (κ1) is 16.1. The van der Waals surface area contributed by atoms with Crippen LogP contribution in [0, 0.1) is 0 Å². The van der Waals surface area contributed by atoms with E-state index in [9.17, 15) is 9.59 Å². The third-order valence-electron chi connectivity index (χ3n) is 4.19. The fourth-order valence-corrected chi connectivity index (χ4v) is 2.94. The van der Waals surface area contributed by atoms with Crippen LogP contribution >= 0.6 is 0 Å². The molecule has 0 aromatic carbocycles. The molecule has 2 aromatic heterocycles. The second-order valence-electron chi connectivity index (χ2n) is 5.89. The molecule has 2 N–H and O–H groups in total. The number of rotatable bonds is 5. The average Bonchev–Trinajstić information content (AvgIpc) is 3.03. The van der Waals surface area contributed by atoms with Crippen molar-refractivity contribution in [3.63, 3.8) is 0 Å². The summed E-state index contributed by atoms with van der Waals surface area (Å²) >= 11 is 0. The number of carbonyl (C=O) groups excluding carboxylic acids is 1. The number of aliphatic carboxylic acids is 1. The Bertz CT molecular complexity index is 708. The second kappa shape index (κ2) is 7.20. The van der Waals surface area contributed by atoms with Crippen LogP contribution < -0.4 is 0 Å². The molecule has 126 valence electrons. The number of piperidine rings is 1. The number of H-pyrrole nitrogens is 1. The molecular weight excluding hydrogens is 310 g/mol. The number of hydrogen-bond donors (Lipinski definition) is 2. The molecule has 1 aliphatic heterocycles. The third kappa shape index (κ3) is 3.95. The second-order valence-corrected chi connectivity index (χ2v) is 5.89. The van der Waals surface area contributed by atoms with Gasteiger partial charge >= 0.3 is 5.97 Å². The first-order valence-electron chi connectivity index (χ1n) is 7.91. The van der Waals surface area contributed by atoms with Crippen LogP contribution in [-0.4, -0.2) is 55.1 Å². The summed E-state index contributed by atoms with van der Waals surface area (Å²) in [6.07, 6.45) is 5.07. The maximum absolute atomic E-state index is 12.3. The van der Waals surface area contributed by atoms with Crippen LogP contribution in [0.25, 0.3) is 0 Å². The van der Waals surface area contributed by atoms with E-state index in [1.54, 1.807) is 18.5 Å². The van der Waals surface area contributed by atoms with E-state index >= 15 is 0 Å². The molecule has 3 heterocycles. The normalized spacial score (nSPS) is 15.4. The predicted octanol–water partition coefficient (Wildman–Crippen LogP) is 0.775. The summed E-state index contributed by atoms with van der Waals surface area (Å²) in [5.74, 6) is -0.0574. The highest BCUT2D eigenvalue weighted by atomic mass is 16.4. The molecule has 0 aliphatic carbocycles. The van der Waals surface area contributed by atoms with Gasteiger partial charge in [-0.3, -0.25) is 14.7 Å². The first-order chi connectivity index (χ1) is 11.6. The molecule has 0 spiro atoms. The van der Waals surface area contributed by atoms with E-state index < -0.39 is 5.97 Å². The number of likely N-dealkylation sites (tertiary alicyclic amines) is 1. The lowest BCUT2D eigenvalue weighted by atomic mass is 9.93. The topological polar surface area (TPSA) is 112 Å². The fraction of sp³-hybridized carbons (Fsp3) is 0.438. The van der Waals surface area contributed by atoms with Gasteiger partial charge in [-0.15, -0.1) is 0 Å². The molecule has 8 heteroatoms. The molecule has 0 unspecified atom stereocenters. The number of carbonyl (C=O) groups is 2. The molecule has 0 atom stereocenters. The Morgan fingerprint density at radius 3 is 2.58 bits per heavy atom. The maximum atomic E-state index is 12.3. The van der Waals surface area contributed by atoms with Crippen LogP contribution in [0.15, 0.2) is 24.5 Å². The summed E-state index contributed by atoms with van der Waals surface area (Å²) in [5.41, 5.74) is 1.49. The van der Waals surface area contributed by atoms with Crippen LogP contribution in [0.5, 0.6) is 0 Å². The minimum absolute atomic E-state index is 0.0354. The number of aromatic nitrogens is 4. The number of nitrogens with one attached hydrogen (secondary N) is 1. The van der Waals surface area contributed by atoms with E-state index in [0.717, 1.165) is 18.5 Å². The van der Waals surface area contributed by atoms with Gasteiger partial charge < -0.3 is 10.0 Å². The molecule has 0 saturated carbocycles. The zero-order valence-corrected chi connectivity index (χ0v) is 13.2. The van der Waals surface area contributed by atoms with Gasteiger partial charge in [0.2, 0.25) is 5.91 Å². The maximum Gasteiger partial charge on any atom is 0.309 e. The van der Waals surface area contributed by atoms with Crippen molar-refractivity contribution in [2.45, 2.75) is 31.6 Å². The zero-order valence-electron chi connectivity index (χ0n) is 13.2. The molecule has 1 saturated heterocycles. The van der Waals surface area contributed by atoms with Gasteiger partial charge in [0, 0.05) is 37.1 Å². The molecule has 1 aliphatic rings. The molecule has 1 amide bonds. The number of carboxylic acid groups (broad SMARTS) is 1. The van der Waals surface area contributed by atoms with Crippen LogP contribution in [0.1, 0.15) is 36.0 Å². The van der Waals surface area contributed by atoms with Crippen LogP contribution in [0.4, 0.5) is 0 Å². The van der Waals surface area contributed by atoms with E-state index in [0.29, 0.717) is 24.6 Å². The summed E-state index contributed by atoms with van der Waals surface area (Å²) in [7, 11) is 0. The largest absolute Gasteiger partial charge is 0.481 e. The van der Waals surface area contributed by atoms with Crippen molar-refractivity contribution in [2.24, 2.45) is 0 Å². The number of nitrogens with zero attached hydrogens (tertiary/aromatic N) is 4. The Hall–Kier alpha value is -2.77. The van der Waals surface area contributed by atoms with Gasteiger partial charge in [-0.2, -0.15) is 5.10 Å². The SMILES string of the molecule is O=C(O)Cc1cc(C2CCN(C(=O)Cc3ncccn3)CC2)n[nH]1. The molecule has 8 nitrogen and oxygen atoms in total. The number of hydrogen-bond acceptors (Lipinski definition) is 5. The molecular formula is C16H19N5O3. The number of aromatic amines is 1. The molecule has 2 aromatic rings. The highest BCUT2D eigenvalue weighted by Gasteiger charge is 2.25. The highest BCUT2D eigenvalue weighted by Crippen LogP contribution is 2.27. The standard InChI is InChI=1S/C16H19N5O3/c22-15(10-14-17-4-1-5-18-14)21-6-2-11(3-7-21)13-8-12(19-20-13)9-16(23)24/h1,4-5,8,11H,2-3,6-7,9-10H2,(H,19,20)(H,23,24). The van der Waals surface area contributed by atoms with Crippen LogP contribution in [0.3, 0.4) is 0 Å². The summed E-state index contributed by atoms with van der Waals surface area (Å²) in [4.78, 5) is 33.0. The predicted molar refractivity (Wildman–Crippen MR) is 84.2 cm³/mol. The van der Waals surface area contributed by atoms with E-state index in [1.807, 2.05) is 11.0 Å². The highest BCUT2D eigenvalue weighted by molar-refractivity contribution is 5.78. The quantitative estimate of drug-likeness (QED) is 0.838. The molecule has 3 rings (SSSR count). The average molecular weight is 329 g/mol. The minimum atomic E-state index is -0.881. The first-order valence-corrected chi connectivity index (χ1v) is 7.91. The molecule has 0 bridgehead atoms. The summed E-state index contributed by atoms with van der Waals surface area (Å²) in [5, 5.41) is 15.8. The van der Waals surface area contributed by atoms with Gasteiger partial charge in [0.15, 0.2) is 0 Å². The van der Waals surface area contributed by atoms with Gasteiger partial charge in [0.1, 0.15) is 5.82 Å². The smallest absolute Gasteiger partial charge is 0.309 e. The Balaban J connectivity index is 1.53. The lowest BCUT2D eigenvalue weighted by Gasteiger charge is -2.31. The fourth-order valence-electron chi connectivity index (χ4n) is 2.94. The van der Waals surface area contributed by atoms with Crippen molar-refractivity contribution in [3.8, 4) is 0 Å². The summed E-state index contributed by atoms with van der Waals surface area (Å²) in [6, 6.07) is 3.54. The van der Waals surface area contributed by atoms with Gasteiger partial charge in [0.25, 0.3) is 0 Å².